The van der Waals surface area contributed by atoms with Crippen molar-refractivity contribution in [2.24, 2.45) is 0 Å². The highest BCUT2D eigenvalue weighted by Gasteiger charge is 2.24. The van der Waals surface area contributed by atoms with E-state index < -0.39 is 0 Å². The molecule has 0 radical (unpaired) electrons. The number of halogens is 1. The lowest BCUT2D eigenvalue weighted by Gasteiger charge is -2.21. The number of para-hydroxylation sites is 1. The van der Waals surface area contributed by atoms with Crippen molar-refractivity contribution < 1.29 is 4.79 Å². The van der Waals surface area contributed by atoms with E-state index in [1.54, 1.807) is 18.5 Å². The molecule has 1 aromatic carbocycles. The molecule has 0 saturated heterocycles. The lowest BCUT2D eigenvalue weighted by molar-refractivity contribution is 0.0935. The summed E-state index contributed by atoms with van der Waals surface area (Å²) < 4.78 is 0. The van der Waals surface area contributed by atoms with E-state index in [1.165, 1.54) is 6.42 Å². The van der Waals surface area contributed by atoms with E-state index in [1.807, 2.05) is 12.1 Å². The summed E-state index contributed by atoms with van der Waals surface area (Å²) >= 11 is 6.39. The number of rotatable bonds is 2. The van der Waals surface area contributed by atoms with Crippen molar-refractivity contribution in [2.45, 2.75) is 43.5 Å². The van der Waals surface area contributed by atoms with E-state index in [2.05, 4.69) is 15.3 Å². The largest absolute Gasteiger partial charge is 0.348 e. The topological polar surface area (TPSA) is 54.9 Å². The first-order valence-electron chi connectivity index (χ1n) is 7.40. The fraction of sp³-hybridized carbons (Fsp3) is 0.438. The second kappa shape index (κ2) is 6.39. The lowest BCUT2D eigenvalue weighted by Crippen LogP contribution is -2.40. The summed E-state index contributed by atoms with van der Waals surface area (Å²) in [5, 5.41) is 3.09. The van der Waals surface area contributed by atoms with Crippen molar-refractivity contribution in [3.8, 4) is 0 Å². The third kappa shape index (κ3) is 3.16. The van der Waals surface area contributed by atoms with Gasteiger partial charge in [-0.2, -0.15) is 0 Å². The maximum Gasteiger partial charge on any atom is 0.253 e. The van der Waals surface area contributed by atoms with Crippen LogP contribution < -0.4 is 5.32 Å². The standard InChI is InChI=1S/C16H18ClN3O/c17-12-6-2-1-3-7-13(12)20-16(21)11-5-4-8-14-15(11)19-10-9-18-14/h4-5,8-10,12-13H,1-3,6-7H2,(H,20,21). The van der Waals surface area contributed by atoms with Crippen LogP contribution >= 0.6 is 11.6 Å². The van der Waals surface area contributed by atoms with E-state index in [0.717, 1.165) is 31.2 Å². The first-order chi connectivity index (χ1) is 10.3. The number of benzene rings is 1. The van der Waals surface area contributed by atoms with Gasteiger partial charge >= 0.3 is 0 Å². The van der Waals surface area contributed by atoms with Crippen LogP contribution in [0.25, 0.3) is 11.0 Å². The molecule has 1 saturated carbocycles. The number of carbonyl (C=O) groups excluding carboxylic acids is 1. The molecule has 5 heteroatoms. The Morgan fingerprint density at radius 1 is 1.14 bits per heavy atom. The second-order valence-corrected chi connectivity index (χ2v) is 6.02. The molecule has 0 bridgehead atoms. The number of hydrogen-bond donors (Lipinski definition) is 1. The predicted octanol–water partition coefficient (Wildman–Crippen LogP) is 3.30. The quantitative estimate of drug-likeness (QED) is 0.684. The zero-order chi connectivity index (χ0) is 14.7. The maximum atomic E-state index is 12.5. The second-order valence-electron chi connectivity index (χ2n) is 5.46. The normalized spacial score (nSPS) is 22.7. The Balaban J connectivity index is 1.83. The van der Waals surface area contributed by atoms with Gasteiger partial charge in [0.1, 0.15) is 5.52 Å². The summed E-state index contributed by atoms with van der Waals surface area (Å²) in [4.78, 5) is 21.1. The Labute approximate surface area is 128 Å². The highest BCUT2D eigenvalue weighted by molar-refractivity contribution is 6.21. The van der Waals surface area contributed by atoms with Crippen LogP contribution in [-0.2, 0) is 0 Å². The van der Waals surface area contributed by atoms with Gasteiger partial charge in [-0.05, 0) is 25.0 Å². The molecule has 3 rings (SSSR count). The summed E-state index contributed by atoms with van der Waals surface area (Å²) in [5.74, 6) is -0.112. The van der Waals surface area contributed by atoms with Gasteiger partial charge in [0, 0.05) is 18.4 Å². The van der Waals surface area contributed by atoms with Gasteiger partial charge < -0.3 is 5.32 Å². The van der Waals surface area contributed by atoms with Crippen LogP contribution in [0.1, 0.15) is 42.5 Å². The van der Waals surface area contributed by atoms with E-state index in [0.29, 0.717) is 11.1 Å². The number of amides is 1. The SMILES string of the molecule is O=C(NC1CCCCCC1Cl)c1cccc2nccnc12. The van der Waals surface area contributed by atoms with E-state index in [4.69, 9.17) is 11.6 Å². The summed E-state index contributed by atoms with van der Waals surface area (Å²) in [6.07, 6.45) is 8.58. The number of fused-ring (bicyclic) bond motifs is 1. The highest BCUT2D eigenvalue weighted by atomic mass is 35.5. The van der Waals surface area contributed by atoms with Crippen LogP contribution in [-0.4, -0.2) is 27.3 Å². The summed E-state index contributed by atoms with van der Waals surface area (Å²) in [7, 11) is 0. The smallest absolute Gasteiger partial charge is 0.253 e. The molecule has 2 unspecified atom stereocenters. The molecule has 110 valence electrons. The molecule has 0 spiro atoms. The Morgan fingerprint density at radius 2 is 1.95 bits per heavy atom. The predicted molar refractivity (Wildman–Crippen MR) is 83.5 cm³/mol. The van der Waals surface area contributed by atoms with Gasteiger partial charge in [0.15, 0.2) is 0 Å². The fourth-order valence-corrected chi connectivity index (χ4v) is 3.19. The number of hydrogen-bond acceptors (Lipinski definition) is 3. The van der Waals surface area contributed by atoms with E-state index in [-0.39, 0.29) is 17.3 Å². The Hall–Kier alpha value is -1.68. The first-order valence-corrected chi connectivity index (χ1v) is 7.84. The molecular weight excluding hydrogens is 286 g/mol. The molecule has 1 fully saturated rings. The average molecular weight is 304 g/mol. The highest BCUT2D eigenvalue weighted by Crippen LogP contribution is 2.23. The van der Waals surface area contributed by atoms with Gasteiger partial charge in [-0.15, -0.1) is 11.6 Å². The van der Waals surface area contributed by atoms with Crippen LogP contribution in [0.3, 0.4) is 0 Å². The molecule has 1 aromatic heterocycles. The van der Waals surface area contributed by atoms with Crippen molar-refractivity contribution in [3.05, 3.63) is 36.2 Å². The molecule has 2 atom stereocenters. The van der Waals surface area contributed by atoms with Crippen molar-refractivity contribution in [1.29, 1.82) is 0 Å². The minimum Gasteiger partial charge on any atom is -0.348 e. The minimum atomic E-state index is -0.112. The molecule has 0 aliphatic heterocycles. The zero-order valence-electron chi connectivity index (χ0n) is 11.8. The molecular formula is C16H18ClN3O. The van der Waals surface area contributed by atoms with Crippen molar-refractivity contribution in [3.63, 3.8) is 0 Å². The molecule has 21 heavy (non-hydrogen) atoms. The van der Waals surface area contributed by atoms with E-state index in [9.17, 15) is 4.79 Å². The third-order valence-electron chi connectivity index (χ3n) is 3.99. The van der Waals surface area contributed by atoms with Gasteiger partial charge in [-0.1, -0.05) is 25.3 Å². The Morgan fingerprint density at radius 3 is 2.86 bits per heavy atom. The van der Waals surface area contributed by atoms with Gasteiger partial charge in [0.05, 0.1) is 16.5 Å². The average Bonchev–Trinajstić information content (AvgIpc) is 2.71. The van der Waals surface area contributed by atoms with Crippen LogP contribution in [0.2, 0.25) is 0 Å². The molecule has 1 aliphatic rings. The molecule has 4 nitrogen and oxygen atoms in total. The van der Waals surface area contributed by atoms with E-state index >= 15 is 0 Å². The van der Waals surface area contributed by atoms with Gasteiger partial charge in [-0.3, -0.25) is 14.8 Å². The molecule has 1 N–H and O–H groups in total. The molecule has 2 aromatic rings. The first kappa shape index (κ1) is 14.3. The zero-order valence-corrected chi connectivity index (χ0v) is 12.5. The van der Waals surface area contributed by atoms with Gasteiger partial charge in [-0.25, -0.2) is 0 Å². The van der Waals surface area contributed by atoms with Crippen molar-refractivity contribution >= 4 is 28.5 Å². The molecule has 1 heterocycles. The maximum absolute atomic E-state index is 12.5. The number of nitrogens with one attached hydrogen (secondary N) is 1. The van der Waals surface area contributed by atoms with Crippen LogP contribution in [0.5, 0.6) is 0 Å². The Bertz CT molecular complexity index is 641. The molecule has 1 aliphatic carbocycles. The summed E-state index contributed by atoms with van der Waals surface area (Å²) in [5.41, 5.74) is 1.93. The number of carbonyl (C=O) groups is 1. The minimum absolute atomic E-state index is 0.0116. The Kier molecular flexibility index (Phi) is 4.34. The fourth-order valence-electron chi connectivity index (χ4n) is 2.85. The number of alkyl halides is 1. The van der Waals surface area contributed by atoms with Crippen molar-refractivity contribution in [2.75, 3.05) is 0 Å². The van der Waals surface area contributed by atoms with Gasteiger partial charge in [0.2, 0.25) is 0 Å². The number of aromatic nitrogens is 2. The molecule has 1 amide bonds. The van der Waals surface area contributed by atoms with Crippen LogP contribution in [0.15, 0.2) is 30.6 Å². The lowest BCUT2D eigenvalue weighted by atomic mass is 10.1. The summed E-state index contributed by atoms with van der Waals surface area (Å²) in [6.45, 7) is 0. The number of nitrogens with zero attached hydrogens (tertiary/aromatic N) is 2. The summed E-state index contributed by atoms with van der Waals surface area (Å²) in [6, 6.07) is 5.51. The monoisotopic (exact) mass is 303 g/mol. The van der Waals surface area contributed by atoms with Gasteiger partial charge in [0.25, 0.3) is 5.91 Å². The van der Waals surface area contributed by atoms with Crippen molar-refractivity contribution in [1.82, 2.24) is 15.3 Å². The van der Waals surface area contributed by atoms with Crippen LogP contribution in [0.4, 0.5) is 0 Å². The van der Waals surface area contributed by atoms with Crippen LogP contribution in [0, 0.1) is 0 Å². The third-order valence-corrected chi connectivity index (χ3v) is 4.51.